The first-order valence-electron chi connectivity index (χ1n) is 14.2. The molecule has 2 heterocycles. The number of carbonyl (C=O) groups excluding carboxylic acids is 1. The molecule has 2 saturated carbocycles. The molecule has 0 aromatic heterocycles. The Balaban J connectivity index is 1.64. The minimum atomic E-state index is -1.91. The van der Waals surface area contributed by atoms with E-state index >= 15 is 0 Å². The number of nitrogens with one attached hydrogen (secondary N) is 1. The van der Waals surface area contributed by atoms with Crippen LogP contribution in [0.25, 0.3) is 0 Å². The molecule has 0 radical (unpaired) electrons. The van der Waals surface area contributed by atoms with Gasteiger partial charge in [-0.05, 0) is 19.3 Å². The molecule has 0 spiro atoms. The Hall–Kier alpha value is -2.43. The first kappa shape index (κ1) is 33.5. The highest BCUT2D eigenvalue weighted by molar-refractivity contribution is 5.90. The van der Waals surface area contributed by atoms with Crippen LogP contribution < -0.4 is 45.5 Å². The smallest absolute Gasteiger partial charge is 0.254 e. The lowest BCUT2D eigenvalue weighted by Gasteiger charge is -2.50. The van der Waals surface area contributed by atoms with E-state index in [9.17, 15) is 30.3 Å². The molecule has 19 heteroatoms. The molecule has 1 amide bonds. The van der Waals surface area contributed by atoms with Gasteiger partial charge in [-0.1, -0.05) is 0 Å². The molecule has 2 saturated heterocycles. The summed E-state index contributed by atoms with van der Waals surface area (Å²) >= 11 is 0. The third-order valence-electron chi connectivity index (χ3n) is 8.76. The number of ether oxygens (including phenoxy) is 3. The largest absolute Gasteiger partial charge is 0.394 e. The van der Waals surface area contributed by atoms with Gasteiger partial charge >= 0.3 is 0 Å². The van der Waals surface area contributed by atoms with Gasteiger partial charge in [0.1, 0.15) is 24.4 Å². The summed E-state index contributed by atoms with van der Waals surface area (Å²) in [5.41, 5.74) is 38.6. The molecule has 3 unspecified atom stereocenters. The summed E-state index contributed by atoms with van der Waals surface area (Å²) in [7, 11) is 0. The highest BCUT2D eigenvalue weighted by Crippen LogP contribution is 2.41. The topological polar surface area (TPSA) is 365 Å². The molecule has 20 N–H and O–H groups in total. The number of nitrogens with zero attached hydrogens (tertiary/aromatic N) is 2. The Morgan fingerprint density at radius 1 is 1.00 bits per heavy atom. The van der Waals surface area contributed by atoms with Crippen LogP contribution in [-0.4, -0.2) is 141 Å². The standard InChI is InChI=1S/C24H46N10O9/c25-5-7-1-2-9(33-22(28)29)18(41-7)13-8(26)3-10(32-21(39)24(40)4-12(24)34-23(30)31)19(16(13)37)43-20-17(38)14(27)15(36)11(6-35)42-20/h7-20,35-38,40H,1-6,25-27H2,(H,32,39)(H4,28,29,33)(H4,30,31,34)/t7-,8-,9+,10+,11+,12?,13?,14-,15+,16-,17+,18-,19-,20+,24?/m0/s1. The van der Waals surface area contributed by atoms with Gasteiger partial charge in [0.25, 0.3) is 5.91 Å². The zero-order valence-electron chi connectivity index (χ0n) is 23.6. The van der Waals surface area contributed by atoms with Crippen LogP contribution in [0.15, 0.2) is 9.98 Å². The minimum Gasteiger partial charge on any atom is -0.394 e. The molecule has 0 aromatic rings. The van der Waals surface area contributed by atoms with Crippen molar-refractivity contribution in [2.24, 2.45) is 56.0 Å². The van der Waals surface area contributed by atoms with Gasteiger partial charge in [-0.25, -0.2) is 9.98 Å². The fourth-order valence-corrected chi connectivity index (χ4v) is 6.29. The molecule has 0 bridgehead atoms. The molecule has 4 rings (SSSR count). The maximum absolute atomic E-state index is 13.2. The second-order valence-electron chi connectivity index (χ2n) is 11.8. The molecular weight excluding hydrogens is 572 g/mol. The molecule has 2 aliphatic heterocycles. The van der Waals surface area contributed by atoms with Crippen LogP contribution in [0, 0.1) is 5.92 Å². The van der Waals surface area contributed by atoms with Gasteiger partial charge in [0.05, 0.1) is 49.1 Å². The quantitative estimate of drug-likeness (QED) is 0.0842. The molecular formula is C24H46N10O9. The molecule has 4 aliphatic rings. The van der Waals surface area contributed by atoms with E-state index < -0.39 is 97.2 Å². The van der Waals surface area contributed by atoms with Crippen molar-refractivity contribution in [1.82, 2.24) is 5.32 Å². The second-order valence-corrected chi connectivity index (χ2v) is 11.8. The lowest BCUT2D eigenvalue weighted by atomic mass is 9.72. The zero-order chi connectivity index (χ0) is 31.8. The van der Waals surface area contributed by atoms with E-state index in [0.717, 1.165) is 0 Å². The molecule has 43 heavy (non-hydrogen) atoms. The van der Waals surface area contributed by atoms with Crippen molar-refractivity contribution in [3.05, 3.63) is 0 Å². The van der Waals surface area contributed by atoms with Gasteiger partial charge < -0.3 is 85.2 Å². The molecule has 246 valence electrons. The summed E-state index contributed by atoms with van der Waals surface area (Å²) in [5, 5.41) is 56.0. The Bertz CT molecular complexity index is 1050. The number of nitrogens with two attached hydrogens (primary N) is 7. The molecule has 0 aromatic carbocycles. The van der Waals surface area contributed by atoms with Gasteiger partial charge in [-0.3, -0.25) is 4.79 Å². The maximum Gasteiger partial charge on any atom is 0.254 e. The third kappa shape index (κ3) is 6.96. The summed E-state index contributed by atoms with van der Waals surface area (Å²) in [6.07, 6.45) is -8.74. The second kappa shape index (κ2) is 13.3. The SMILES string of the molecule is NC[C@@H]1CC[C@@H](N=C(N)N)[C@@H](C2[C@@H](N)C[C@@H](NC(=O)C3(O)CC3N=C(N)N)[C@H](O[C@H]3O[C@H](CO)[C@@H](O)[C@H](N)[C@H]3O)[C@H]2O)O1. The predicted octanol–water partition coefficient (Wildman–Crippen LogP) is -7.74. The lowest BCUT2D eigenvalue weighted by molar-refractivity contribution is -0.306. The van der Waals surface area contributed by atoms with E-state index in [2.05, 4.69) is 15.3 Å². The summed E-state index contributed by atoms with van der Waals surface area (Å²) in [6.45, 7) is -0.444. The van der Waals surface area contributed by atoms with Crippen LogP contribution in [0.5, 0.6) is 0 Å². The lowest BCUT2D eigenvalue weighted by Crippen LogP contribution is -2.69. The molecule has 4 fully saturated rings. The summed E-state index contributed by atoms with van der Waals surface area (Å²) in [4.78, 5) is 21.3. The minimum absolute atomic E-state index is 0.00376. The van der Waals surface area contributed by atoms with Crippen molar-refractivity contribution in [3.63, 3.8) is 0 Å². The Labute approximate surface area is 247 Å². The third-order valence-corrected chi connectivity index (χ3v) is 8.76. The maximum atomic E-state index is 13.2. The number of amides is 1. The average Bonchev–Trinajstić information content (AvgIpc) is 3.60. The van der Waals surface area contributed by atoms with Gasteiger partial charge in [-0.2, -0.15) is 0 Å². The number of aliphatic imine (C=N–C) groups is 2. The van der Waals surface area contributed by atoms with Crippen LogP contribution in [0.3, 0.4) is 0 Å². The first-order chi connectivity index (χ1) is 20.2. The van der Waals surface area contributed by atoms with E-state index in [1.165, 1.54) is 0 Å². The number of rotatable bonds is 9. The Morgan fingerprint density at radius 3 is 2.28 bits per heavy atom. The van der Waals surface area contributed by atoms with E-state index in [1.807, 2.05) is 0 Å². The number of aliphatic hydroxyl groups excluding tert-OH is 4. The monoisotopic (exact) mass is 618 g/mol. The summed E-state index contributed by atoms with van der Waals surface area (Å²) < 4.78 is 17.9. The van der Waals surface area contributed by atoms with Crippen molar-refractivity contribution in [3.8, 4) is 0 Å². The van der Waals surface area contributed by atoms with Crippen LogP contribution in [0.2, 0.25) is 0 Å². The molecule has 2 aliphatic carbocycles. The number of hydrogen-bond donors (Lipinski definition) is 13. The van der Waals surface area contributed by atoms with E-state index in [0.29, 0.717) is 12.8 Å². The fourth-order valence-electron chi connectivity index (χ4n) is 6.29. The number of hydrogen-bond acceptors (Lipinski definition) is 14. The fraction of sp³-hybridized carbons (Fsp3) is 0.875. The van der Waals surface area contributed by atoms with Crippen LogP contribution in [0.4, 0.5) is 0 Å². The summed E-state index contributed by atoms with van der Waals surface area (Å²) in [5.74, 6) is -2.18. The Kier molecular flexibility index (Phi) is 10.3. The van der Waals surface area contributed by atoms with Crippen LogP contribution in [-0.2, 0) is 19.0 Å². The zero-order valence-corrected chi connectivity index (χ0v) is 23.6. The Morgan fingerprint density at radius 2 is 1.67 bits per heavy atom. The molecule has 19 nitrogen and oxygen atoms in total. The van der Waals surface area contributed by atoms with Crippen molar-refractivity contribution in [2.75, 3.05) is 13.2 Å². The van der Waals surface area contributed by atoms with Gasteiger partial charge in [0.2, 0.25) is 0 Å². The number of carbonyl (C=O) groups is 1. The van der Waals surface area contributed by atoms with Gasteiger partial charge in [-0.15, -0.1) is 0 Å². The molecule has 15 atom stereocenters. The predicted molar refractivity (Wildman–Crippen MR) is 150 cm³/mol. The normalized spacial score (nSPS) is 46.4. The van der Waals surface area contributed by atoms with Crippen molar-refractivity contribution >= 4 is 17.8 Å². The van der Waals surface area contributed by atoms with Crippen LogP contribution in [0.1, 0.15) is 25.7 Å². The number of guanidine groups is 2. The highest BCUT2D eigenvalue weighted by Gasteiger charge is 2.61. The van der Waals surface area contributed by atoms with E-state index in [4.69, 9.17) is 54.3 Å². The van der Waals surface area contributed by atoms with Crippen LogP contribution >= 0.6 is 0 Å². The van der Waals surface area contributed by atoms with Crippen molar-refractivity contribution < 1.29 is 44.5 Å². The first-order valence-corrected chi connectivity index (χ1v) is 14.2. The summed E-state index contributed by atoms with van der Waals surface area (Å²) in [6, 6.07) is -4.58. The van der Waals surface area contributed by atoms with E-state index in [-0.39, 0.29) is 37.4 Å². The van der Waals surface area contributed by atoms with E-state index in [1.54, 1.807) is 0 Å². The average molecular weight is 619 g/mol. The van der Waals surface area contributed by atoms with Gasteiger partial charge in [0.15, 0.2) is 23.8 Å². The van der Waals surface area contributed by atoms with Crippen molar-refractivity contribution in [1.29, 1.82) is 0 Å². The number of aliphatic hydroxyl groups is 5. The van der Waals surface area contributed by atoms with Gasteiger partial charge in [0, 0.05) is 24.9 Å². The van der Waals surface area contributed by atoms with Crippen molar-refractivity contribution in [2.45, 2.75) is 111 Å². The highest BCUT2D eigenvalue weighted by atomic mass is 16.7.